The van der Waals surface area contributed by atoms with Crippen LogP contribution < -0.4 is 5.32 Å². The van der Waals surface area contributed by atoms with Gasteiger partial charge in [0.2, 0.25) is 5.91 Å². The fraction of sp³-hybridized carbons (Fsp3) is 0.667. The van der Waals surface area contributed by atoms with Crippen LogP contribution in [0.25, 0.3) is 0 Å². The lowest BCUT2D eigenvalue weighted by Crippen LogP contribution is -2.65. The fourth-order valence-electron chi connectivity index (χ4n) is 7.06. The number of hydrogen-bond acceptors (Lipinski definition) is 13. The second-order valence-electron chi connectivity index (χ2n) is 16.5. The standard InChI is InChI=1S/C51H83NO13/c1-3-5-7-9-11-13-14-15-16-17-18-19-20-21-22-23-24-25-26-27-29-31-33-35-43(56)52-39(40(55)34-32-30-28-12-10-8-6-4-2)38-62-50-48(61)46(59)49(42(37-54)64-50)65-51-47(60)45(58)44(57)41(36-53)63-51/h5,7,10-13,15-16,18-19,21-22,24-25,32,34,39-42,44-51,53-55,57-61H,3-4,6,8-9,14,17,20,23,26-31,33,35-38H2,1-2H3,(H,52,56)/b7-5-,12-10+,13-11-,16-15-,19-18-,22-21-,25-24-,34-32+. The minimum Gasteiger partial charge on any atom is -0.394 e. The zero-order valence-electron chi connectivity index (χ0n) is 38.9. The van der Waals surface area contributed by atoms with E-state index in [-0.39, 0.29) is 18.9 Å². The molecule has 2 fully saturated rings. The van der Waals surface area contributed by atoms with Crippen molar-refractivity contribution in [2.45, 2.75) is 197 Å². The third kappa shape index (κ3) is 24.5. The number of hydrogen-bond donors (Lipinski definition) is 9. The second kappa shape index (κ2) is 37.0. The van der Waals surface area contributed by atoms with Crippen molar-refractivity contribution in [3.8, 4) is 0 Å². The lowest BCUT2D eigenvalue weighted by atomic mass is 9.97. The van der Waals surface area contributed by atoms with E-state index in [1.807, 2.05) is 6.08 Å². The van der Waals surface area contributed by atoms with E-state index in [2.05, 4.69) is 104 Å². The van der Waals surface area contributed by atoms with Crippen LogP contribution in [0, 0.1) is 0 Å². The van der Waals surface area contributed by atoms with E-state index in [0.29, 0.717) is 12.8 Å². The summed E-state index contributed by atoms with van der Waals surface area (Å²) in [5, 5.41) is 86.3. The maximum atomic E-state index is 13.1. The third-order valence-electron chi connectivity index (χ3n) is 11.0. The molecule has 2 heterocycles. The first kappa shape index (κ1) is 58.0. The lowest BCUT2D eigenvalue weighted by Gasteiger charge is -2.46. The van der Waals surface area contributed by atoms with Gasteiger partial charge in [-0.2, -0.15) is 0 Å². The van der Waals surface area contributed by atoms with Crippen molar-refractivity contribution in [1.29, 1.82) is 0 Å². The van der Waals surface area contributed by atoms with Gasteiger partial charge in [-0.25, -0.2) is 0 Å². The molecule has 1 amide bonds. The molecule has 12 unspecified atom stereocenters. The van der Waals surface area contributed by atoms with E-state index in [9.17, 15) is 45.6 Å². The summed E-state index contributed by atoms with van der Waals surface area (Å²) < 4.78 is 22.6. The van der Waals surface area contributed by atoms with Crippen LogP contribution in [0.2, 0.25) is 0 Å². The van der Waals surface area contributed by atoms with Gasteiger partial charge in [-0.05, 0) is 77.0 Å². The minimum absolute atomic E-state index is 0.236. The minimum atomic E-state index is -1.80. The van der Waals surface area contributed by atoms with Gasteiger partial charge in [0.1, 0.15) is 48.8 Å². The summed E-state index contributed by atoms with van der Waals surface area (Å²) in [6.07, 6.45) is 31.9. The Kier molecular flexibility index (Phi) is 33.0. The van der Waals surface area contributed by atoms with Crippen LogP contribution in [-0.4, -0.2) is 140 Å². The van der Waals surface area contributed by atoms with Crippen LogP contribution in [-0.2, 0) is 23.7 Å². The van der Waals surface area contributed by atoms with E-state index >= 15 is 0 Å². The highest BCUT2D eigenvalue weighted by Gasteiger charge is 2.50. The molecule has 0 spiro atoms. The highest BCUT2D eigenvalue weighted by molar-refractivity contribution is 5.76. The maximum Gasteiger partial charge on any atom is 0.220 e. The topological polar surface area (TPSA) is 228 Å². The van der Waals surface area contributed by atoms with Gasteiger partial charge >= 0.3 is 0 Å². The smallest absolute Gasteiger partial charge is 0.220 e. The number of aliphatic hydroxyl groups excluding tert-OH is 8. The lowest BCUT2D eigenvalue weighted by molar-refractivity contribution is -0.359. The van der Waals surface area contributed by atoms with Gasteiger partial charge in [0.15, 0.2) is 12.6 Å². The number of nitrogens with one attached hydrogen (secondary N) is 1. The normalized spacial score (nSPS) is 27.9. The number of aliphatic hydroxyl groups is 8. The van der Waals surface area contributed by atoms with Crippen molar-refractivity contribution in [3.63, 3.8) is 0 Å². The molecule has 0 saturated carbocycles. The van der Waals surface area contributed by atoms with Crippen LogP contribution in [0.3, 0.4) is 0 Å². The molecule has 12 atom stereocenters. The van der Waals surface area contributed by atoms with E-state index in [4.69, 9.17) is 18.9 Å². The number of carbonyl (C=O) groups excluding carboxylic acids is 1. The molecule has 0 aromatic rings. The number of amides is 1. The molecule has 14 nitrogen and oxygen atoms in total. The summed E-state index contributed by atoms with van der Waals surface area (Å²) in [7, 11) is 0. The molecule has 2 rings (SSSR count). The van der Waals surface area contributed by atoms with Crippen molar-refractivity contribution in [2.24, 2.45) is 0 Å². The predicted molar refractivity (Wildman–Crippen MR) is 253 cm³/mol. The SMILES string of the molecule is CC/C=C\C/C=C\C/C=C\C/C=C\C/C=C\C/C=C\CCCCCCC(=O)NC(COC1OC(CO)C(OC2OC(CO)C(O)C(O)C2O)C(O)C1O)C(O)/C=C/CC/C=C/CCCC. The Morgan fingerprint density at radius 1 is 0.569 bits per heavy atom. The Bertz CT molecular complexity index is 1460. The van der Waals surface area contributed by atoms with Gasteiger partial charge in [0.05, 0.1) is 32.0 Å². The zero-order valence-corrected chi connectivity index (χ0v) is 38.9. The number of unbranched alkanes of at least 4 members (excludes halogenated alkanes) is 7. The summed E-state index contributed by atoms with van der Waals surface area (Å²) in [6.45, 7) is 2.51. The molecule has 9 N–H and O–H groups in total. The van der Waals surface area contributed by atoms with Crippen molar-refractivity contribution >= 4 is 5.91 Å². The van der Waals surface area contributed by atoms with Gasteiger partial charge in [-0.15, -0.1) is 0 Å². The maximum absolute atomic E-state index is 13.1. The van der Waals surface area contributed by atoms with Gasteiger partial charge in [-0.3, -0.25) is 4.79 Å². The Balaban J connectivity index is 1.81. The molecule has 0 bridgehead atoms. The quantitative estimate of drug-likeness (QED) is 0.0284. The average molecular weight is 918 g/mol. The molecule has 2 saturated heterocycles. The monoisotopic (exact) mass is 918 g/mol. The van der Waals surface area contributed by atoms with Crippen molar-refractivity contribution in [3.05, 3.63) is 97.2 Å². The molecule has 2 aliphatic heterocycles. The zero-order chi connectivity index (χ0) is 47.5. The molecule has 65 heavy (non-hydrogen) atoms. The molecule has 0 aliphatic carbocycles. The van der Waals surface area contributed by atoms with Crippen molar-refractivity contribution in [1.82, 2.24) is 5.32 Å². The number of ether oxygens (including phenoxy) is 4. The van der Waals surface area contributed by atoms with E-state index in [0.717, 1.165) is 89.9 Å². The highest BCUT2D eigenvalue weighted by Crippen LogP contribution is 2.30. The first-order valence-corrected chi connectivity index (χ1v) is 24.0. The Labute approximate surface area is 388 Å². The summed E-state index contributed by atoms with van der Waals surface area (Å²) in [5.41, 5.74) is 0. The fourth-order valence-corrected chi connectivity index (χ4v) is 7.06. The van der Waals surface area contributed by atoms with E-state index in [1.165, 1.54) is 0 Å². The first-order chi connectivity index (χ1) is 31.6. The molecule has 0 aromatic heterocycles. The van der Waals surface area contributed by atoms with Gasteiger partial charge in [0, 0.05) is 6.42 Å². The van der Waals surface area contributed by atoms with Crippen LogP contribution in [0.4, 0.5) is 0 Å². The molecule has 0 aromatic carbocycles. The molecular weight excluding hydrogens is 835 g/mol. The summed E-state index contributed by atoms with van der Waals surface area (Å²) in [4.78, 5) is 13.1. The van der Waals surface area contributed by atoms with Gasteiger partial charge in [0.25, 0.3) is 0 Å². The largest absolute Gasteiger partial charge is 0.394 e. The Morgan fingerprint density at radius 2 is 1.08 bits per heavy atom. The first-order valence-electron chi connectivity index (χ1n) is 24.0. The summed E-state index contributed by atoms with van der Waals surface area (Å²) in [5.74, 6) is -0.284. The molecule has 370 valence electrons. The average Bonchev–Trinajstić information content (AvgIpc) is 3.30. The number of carbonyl (C=O) groups is 1. The Hall–Kier alpha value is -3.09. The summed E-state index contributed by atoms with van der Waals surface area (Å²) in [6, 6.07) is -0.949. The van der Waals surface area contributed by atoms with Crippen LogP contribution >= 0.6 is 0 Å². The number of allylic oxidation sites excluding steroid dienone is 15. The van der Waals surface area contributed by atoms with Crippen LogP contribution in [0.1, 0.15) is 123 Å². The van der Waals surface area contributed by atoms with Crippen molar-refractivity contribution in [2.75, 3.05) is 19.8 Å². The molecular formula is C51H83NO13. The van der Waals surface area contributed by atoms with E-state index in [1.54, 1.807) is 6.08 Å². The number of rotatable bonds is 34. The highest BCUT2D eigenvalue weighted by atomic mass is 16.7. The molecule has 14 heteroatoms. The summed E-state index contributed by atoms with van der Waals surface area (Å²) >= 11 is 0. The predicted octanol–water partition coefficient (Wildman–Crippen LogP) is 5.59. The van der Waals surface area contributed by atoms with E-state index < -0.39 is 86.8 Å². The third-order valence-corrected chi connectivity index (χ3v) is 11.0. The Morgan fingerprint density at radius 3 is 1.68 bits per heavy atom. The second-order valence-corrected chi connectivity index (χ2v) is 16.5. The van der Waals surface area contributed by atoms with Gasteiger partial charge < -0.3 is 65.1 Å². The molecule has 0 radical (unpaired) electrons. The van der Waals surface area contributed by atoms with Gasteiger partial charge in [-0.1, -0.05) is 137 Å². The van der Waals surface area contributed by atoms with Crippen LogP contribution in [0.5, 0.6) is 0 Å². The van der Waals surface area contributed by atoms with Crippen LogP contribution in [0.15, 0.2) is 97.2 Å². The molecule has 2 aliphatic rings. The van der Waals surface area contributed by atoms with Crippen molar-refractivity contribution < 1.29 is 64.6 Å².